The molecule has 1 aliphatic heterocycles. The van der Waals surface area contributed by atoms with Gasteiger partial charge in [0.25, 0.3) is 5.91 Å². The highest BCUT2D eigenvalue weighted by Gasteiger charge is 2.22. The second kappa shape index (κ2) is 6.31. The van der Waals surface area contributed by atoms with E-state index >= 15 is 0 Å². The quantitative estimate of drug-likeness (QED) is 0.911. The maximum atomic E-state index is 11.9. The molecule has 0 saturated heterocycles. The number of urea groups is 1. The minimum atomic E-state index is -0.324. The lowest BCUT2D eigenvalue weighted by atomic mass is 10.2. The summed E-state index contributed by atoms with van der Waals surface area (Å²) in [6.07, 6.45) is 0.347. The van der Waals surface area contributed by atoms with E-state index in [9.17, 15) is 9.59 Å². The summed E-state index contributed by atoms with van der Waals surface area (Å²) >= 11 is 0. The summed E-state index contributed by atoms with van der Waals surface area (Å²) in [7, 11) is 0. The largest absolute Gasteiger partial charge is 0.323 e. The molecule has 2 aromatic carbocycles. The molecule has 3 rings (SSSR count). The van der Waals surface area contributed by atoms with Crippen molar-refractivity contribution < 1.29 is 9.59 Å². The van der Waals surface area contributed by atoms with Gasteiger partial charge >= 0.3 is 6.03 Å². The summed E-state index contributed by atoms with van der Waals surface area (Å²) in [5.74, 6) is -0.0509. The van der Waals surface area contributed by atoms with E-state index in [1.807, 2.05) is 37.3 Å². The van der Waals surface area contributed by atoms with Crippen LogP contribution in [0.25, 0.3) is 0 Å². The van der Waals surface area contributed by atoms with Gasteiger partial charge in [0.05, 0.1) is 12.1 Å². The van der Waals surface area contributed by atoms with Gasteiger partial charge in [-0.25, -0.2) is 9.80 Å². The highest BCUT2D eigenvalue weighted by atomic mass is 16.2. The van der Waals surface area contributed by atoms with Gasteiger partial charge in [0.15, 0.2) is 0 Å². The highest BCUT2D eigenvalue weighted by molar-refractivity contribution is 6.12. The lowest BCUT2D eigenvalue weighted by Crippen LogP contribution is -2.20. The lowest BCUT2D eigenvalue weighted by molar-refractivity contribution is -0.116. The number of nitrogens with zero attached hydrogens (tertiary/aromatic N) is 2. The van der Waals surface area contributed by atoms with E-state index < -0.39 is 0 Å². The summed E-state index contributed by atoms with van der Waals surface area (Å²) < 4.78 is 0. The zero-order valence-corrected chi connectivity index (χ0v) is 12.6. The van der Waals surface area contributed by atoms with Crippen LogP contribution in [0, 0.1) is 0 Å². The Morgan fingerprint density at radius 2 is 1.61 bits per heavy atom. The van der Waals surface area contributed by atoms with Gasteiger partial charge in [-0.1, -0.05) is 18.2 Å². The number of anilines is 3. The summed E-state index contributed by atoms with van der Waals surface area (Å²) in [6.45, 7) is 1.82. The molecule has 3 amide bonds. The number of para-hydroxylation sites is 1. The normalized spacial score (nSPS) is 13.7. The number of nitrogens with one attached hydrogen (secondary N) is 2. The molecule has 2 aromatic rings. The standard InChI is InChI=1S/C17H16N4O2/c1-12-11-16(22)21(20-12)15-9-7-14(8-10-15)19-17(23)18-13-5-3-2-4-6-13/h2-10H,11H2,1H3,(H2,18,19,23). The first-order valence-corrected chi connectivity index (χ1v) is 7.22. The SMILES string of the molecule is CC1=NN(c2ccc(NC(=O)Nc3ccccc3)cc2)C(=O)C1. The average Bonchev–Trinajstić information content (AvgIpc) is 2.87. The smallest absolute Gasteiger partial charge is 0.308 e. The van der Waals surface area contributed by atoms with E-state index in [4.69, 9.17) is 0 Å². The summed E-state index contributed by atoms with van der Waals surface area (Å²) in [5, 5.41) is 11.0. The Balaban J connectivity index is 1.64. The van der Waals surface area contributed by atoms with Gasteiger partial charge in [-0.2, -0.15) is 5.10 Å². The van der Waals surface area contributed by atoms with Crippen LogP contribution in [-0.4, -0.2) is 17.6 Å². The van der Waals surface area contributed by atoms with Crippen molar-refractivity contribution in [3.8, 4) is 0 Å². The van der Waals surface area contributed by atoms with Crippen molar-refractivity contribution in [2.45, 2.75) is 13.3 Å². The van der Waals surface area contributed by atoms with Crippen LogP contribution in [0.3, 0.4) is 0 Å². The molecule has 23 heavy (non-hydrogen) atoms. The Morgan fingerprint density at radius 3 is 2.17 bits per heavy atom. The molecule has 0 saturated carbocycles. The van der Waals surface area contributed by atoms with Gasteiger partial charge in [-0.3, -0.25) is 4.79 Å². The number of hydrogen-bond donors (Lipinski definition) is 2. The first kappa shape index (κ1) is 14.8. The maximum Gasteiger partial charge on any atom is 0.323 e. The van der Waals surface area contributed by atoms with Crippen molar-refractivity contribution in [3.05, 3.63) is 54.6 Å². The van der Waals surface area contributed by atoms with Crippen molar-refractivity contribution in [3.63, 3.8) is 0 Å². The molecule has 6 heteroatoms. The number of carbonyl (C=O) groups is 2. The van der Waals surface area contributed by atoms with Crippen molar-refractivity contribution in [2.24, 2.45) is 5.10 Å². The third-order valence-corrected chi connectivity index (χ3v) is 3.32. The van der Waals surface area contributed by atoms with Crippen molar-refractivity contribution in [1.29, 1.82) is 0 Å². The summed E-state index contributed by atoms with van der Waals surface area (Å²) in [6, 6.07) is 15.8. The van der Waals surface area contributed by atoms with E-state index in [1.165, 1.54) is 5.01 Å². The molecule has 2 N–H and O–H groups in total. The maximum absolute atomic E-state index is 11.9. The Hall–Kier alpha value is -3.15. The van der Waals surface area contributed by atoms with Gasteiger partial charge in [0.1, 0.15) is 0 Å². The minimum Gasteiger partial charge on any atom is -0.308 e. The molecule has 0 bridgehead atoms. The second-order valence-corrected chi connectivity index (χ2v) is 5.21. The fraction of sp³-hybridized carbons (Fsp3) is 0.118. The van der Waals surface area contributed by atoms with Crippen LogP contribution in [0.5, 0.6) is 0 Å². The summed E-state index contributed by atoms with van der Waals surface area (Å²) in [4.78, 5) is 23.7. The molecule has 0 spiro atoms. The van der Waals surface area contributed by atoms with Gasteiger partial charge in [-0.15, -0.1) is 0 Å². The molecule has 6 nitrogen and oxygen atoms in total. The van der Waals surface area contributed by atoms with Crippen LogP contribution in [0.4, 0.5) is 21.9 Å². The number of rotatable bonds is 3. The topological polar surface area (TPSA) is 73.8 Å². The Kier molecular flexibility index (Phi) is 4.05. The number of hydrazone groups is 1. The van der Waals surface area contributed by atoms with Crippen molar-refractivity contribution in [2.75, 3.05) is 15.6 Å². The van der Waals surface area contributed by atoms with Gasteiger partial charge < -0.3 is 10.6 Å². The fourth-order valence-electron chi connectivity index (χ4n) is 2.26. The molecular formula is C17H16N4O2. The Morgan fingerprint density at radius 1 is 1.00 bits per heavy atom. The molecule has 0 radical (unpaired) electrons. The molecule has 0 aliphatic carbocycles. The van der Waals surface area contributed by atoms with Crippen LogP contribution in [-0.2, 0) is 4.79 Å². The fourth-order valence-corrected chi connectivity index (χ4v) is 2.26. The first-order chi connectivity index (χ1) is 11.1. The monoisotopic (exact) mass is 308 g/mol. The molecule has 0 unspecified atom stereocenters. The van der Waals surface area contributed by atoms with E-state index in [-0.39, 0.29) is 11.9 Å². The molecular weight excluding hydrogens is 292 g/mol. The van der Waals surface area contributed by atoms with Crippen LogP contribution >= 0.6 is 0 Å². The molecule has 0 aromatic heterocycles. The van der Waals surface area contributed by atoms with Crippen LogP contribution in [0.15, 0.2) is 59.7 Å². The predicted molar refractivity (Wildman–Crippen MR) is 90.7 cm³/mol. The zero-order valence-electron chi connectivity index (χ0n) is 12.6. The van der Waals surface area contributed by atoms with Crippen LogP contribution < -0.4 is 15.6 Å². The Bertz CT molecular complexity index is 754. The van der Waals surface area contributed by atoms with E-state index in [0.29, 0.717) is 23.5 Å². The van der Waals surface area contributed by atoms with E-state index in [1.54, 1.807) is 24.3 Å². The third kappa shape index (κ3) is 3.55. The number of benzene rings is 2. The molecule has 0 atom stereocenters. The molecule has 1 aliphatic rings. The third-order valence-electron chi connectivity index (χ3n) is 3.32. The average molecular weight is 308 g/mol. The Labute approximate surface area is 133 Å². The highest BCUT2D eigenvalue weighted by Crippen LogP contribution is 2.22. The van der Waals surface area contributed by atoms with Gasteiger partial charge in [0.2, 0.25) is 0 Å². The summed E-state index contributed by atoms with van der Waals surface area (Å²) in [5.41, 5.74) is 2.82. The van der Waals surface area contributed by atoms with Crippen LogP contribution in [0.1, 0.15) is 13.3 Å². The second-order valence-electron chi connectivity index (χ2n) is 5.21. The lowest BCUT2D eigenvalue weighted by Gasteiger charge is -2.13. The van der Waals surface area contributed by atoms with Gasteiger partial charge in [-0.05, 0) is 43.3 Å². The van der Waals surface area contributed by atoms with Crippen molar-refractivity contribution >= 4 is 34.7 Å². The first-order valence-electron chi connectivity index (χ1n) is 7.22. The van der Waals surface area contributed by atoms with E-state index in [2.05, 4.69) is 15.7 Å². The van der Waals surface area contributed by atoms with Gasteiger partial charge in [0, 0.05) is 17.1 Å². The van der Waals surface area contributed by atoms with E-state index in [0.717, 1.165) is 5.71 Å². The number of carbonyl (C=O) groups excluding carboxylic acids is 2. The number of hydrogen-bond acceptors (Lipinski definition) is 3. The minimum absolute atomic E-state index is 0.0509. The predicted octanol–water partition coefficient (Wildman–Crippen LogP) is 3.44. The molecule has 116 valence electrons. The molecule has 1 heterocycles. The van der Waals surface area contributed by atoms with Crippen LogP contribution in [0.2, 0.25) is 0 Å². The van der Waals surface area contributed by atoms with Crippen molar-refractivity contribution in [1.82, 2.24) is 0 Å². The zero-order chi connectivity index (χ0) is 16.2. The number of amides is 3. The molecule has 0 fully saturated rings.